The van der Waals surface area contributed by atoms with Crippen LogP contribution in [-0.4, -0.2) is 35.5 Å². The van der Waals surface area contributed by atoms with Crippen molar-refractivity contribution in [3.63, 3.8) is 0 Å². The summed E-state index contributed by atoms with van der Waals surface area (Å²) in [7, 11) is 1.29. The van der Waals surface area contributed by atoms with Crippen molar-refractivity contribution in [1.29, 1.82) is 0 Å². The summed E-state index contributed by atoms with van der Waals surface area (Å²) in [5, 5.41) is 7.32. The van der Waals surface area contributed by atoms with Crippen LogP contribution < -0.4 is 5.32 Å². The number of ether oxygens (including phenoxy) is 1. The molecule has 1 heterocycles. The minimum atomic E-state index is -0.564. The molecule has 0 bridgehead atoms. The first kappa shape index (κ1) is 14.5. The number of fused-ring (bicyclic) bond motifs is 1. The molecule has 20 heavy (non-hydrogen) atoms. The van der Waals surface area contributed by atoms with Crippen molar-refractivity contribution in [3.05, 3.63) is 30.0 Å². The van der Waals surface area contributed by atoms with Crippen LogP contribution in [0.4, 0.5) is 0 Å². The highest BCUT2D eigenvalue weighted by Gasteiger charge is 2.17. The van der Waals surface area contributed by atoms with Gasteiger partial charge in [0.05, 0.1) is 13.5 Å². The van der Waals surface area contributed by atoms with Crippen molar-refractivity contribution in [2.45, 2.75) is 11.2 Å². The maximum atomic E-state index is 11.8. The molecular weight excluding hydrogens is 328 g/mol. The zero-order chi connectivity index (χ0) is 14.5. The molecule has 1 unspecified atom stereocenters. The predicted octanol–water partition coefficient (Wildman–Crippen LogP) is 1.42. The lowest BCUT2D eigenvalue weighted by molar-refractivity contribution is -0.139. The Hall–Kier alpha value is -1.89. The molecule has 7 heteroatoms. The van der Waals surface area contributed by atoms with Crippen LogP contribution in [0.3, 0.4) is 0 Å². The summed E-state index contributed by atoms with van der Waals surface area (Å²) in [5.41, 5.74) is 1.21. The van der Waals surface area contributed by atoms with E-state index in [-0.39, 0.29) is 18.9 Å². The maximum absolute atomic E-state index is 11.8. The molecule has 0 aliphatic rings. The molecule has 2 aromatic rings. The second-order valence-corrected chi connectivity index (χ2v) is 5.20. The number of nitrogens with zero attached hydrogens (tertiary/aromatic N) is 1. The van der Waals surface area contributed by atoms with Gasteiger partial charge in [0.2, 0.25) is 5.91 Å². The second-order valence-electron chi connectivity index (χ2n) is 4.10. The first-order chi connectivity index (χ1) is 9.61. The molecule has 0 spiro atoms. The Kier molecular flexibility index (Phi) is 4.73. The van der Waals surface area contributed by atoms with Crippen molar-refractivity contribution in [3.8, 4) is 0 Å². The second kappa shape index (κ2) is 6.51. The number of methoxy groups -OCH3 is 1. The van der Waals surface area contributed by atoms with Crippen LogP contribution in [0, 0.1) is 0 Å². The lowest BCUT2D eigenvalue weighted by Crippen LogP contribution is -2.34. The first-order valence-electron chi connectivity index (χ1n) is 5.93. The van der Waals surface area contributed by atoms with Gasteiger partial charge in [-0.15, -0.1) is 0 Å². The third kappa shape index (κ3) is 3.36. The largest absolute Gasteiger partial charge is 0.468 e. The van der Waals surface area contributed by atoms with Gasteiger partial charge in [0.15, 0.2) is 5.58 Å². The van der Waals surface area contributed by atoms with Crippen LogP contribution in [-0.2, 0) is 20.7 Å². The molecule has 1 amide bonds. The van der Waals surface area contributed by atoms with Gasteiger partial charge in [-0.1, -0.05) is 33.2 Å². The molecular formula is C13H13BrN2O4. The summed E-state index contributed by atoms with van der Waals surface area (Å²) in [6.45, 7) is 0.154. The number of carbonyl (C=O) groups excluding carboxylic acids is 2. The third-order valence-electron chi connectivity index (χ3n) is 2.72. The predicted molar refractivity (Wildman–Crippen MR) is 75.5 cm³/mol. The number of benzene rings is 1. The average Bonchev–Trinajstić information content (AvgIpc) is 2.87. The van der Waals surface area contributed by atoms with Crippen molar-refractivity contribution >= 4 is 38.8 Å². The monoisotopic (exact) mass is 340 g/mol. The zero-order valence-corrected chi connectivity index (χ0v) is 12.3. The maximum Gasteiger partial charge on any atom is 0.321 e. The van der Waals surface area contributed by atoms with E-state index in [0.717, 1.165) is 5.39 Å². The average molecular weight is 341 g/mol. The standard InChI is InChI=1S/C13H13BrN2O4/c1-19-13(18)9(14)7-15-12(17)6-10-8-4-2-3-5-11(8)20-16-10/h2-5,9H,6-7H2,1H3,(H,15,17). The zero-order valence-electron chi connectivity index (χ0n) is 10.8. The minimum Gasteiger partial charge on any atom is -0.468 e. The Balaban J connectivity index is 1.93. The summed E-state index contributed by atoms with van der Waals surface area (Å²) >= 11 is 3.13. The number of hydrogen-bond acceptors (Lipinski definition) is 5. The quantitative estimate of drug-likeness (QED) is 0.657. The topological polar surface area (TPSA) is 81.4 Å². The fraction of sp³-hybridized carbons (Fsp3) is 0.308. The Morgan fingerprint density at radius 3 is 2.95 bits per heavy atom. The van der Waals surface area contributed by atoms with E-state index in [0.29, 0.717) is 11.3 Å². The summed E-state index contributed by atoms with van der Waals surface area (Å²) in [6, 6.07) is 7.32. The highest BCUT2D eigenvalue weighted by atomic mass is 79.9. The lowest BCUT2D eigenvalue weighted by atomic mass is 10.1. The molecule has 0 aliphatic heterocycles. The number of halogens is 1. The molecule has 0 radical (unpaired) electrons. The van der Waals surface area contributed by atoms with Gasteiger partial charge < -0.3 is 14.6 Å². The van der Waals surface area contributed by atoms with E-state index in [4.69, 9.17) is 4.52 Å². The van der Waals surface area contributed by atoms with Crippen molar-refractivity contribution in [2.24, 2.45) is 0 Å². The van der Waals surface area contributed by atoms with Gasteiger partial charge in [-0.05, 0) is 12.1 Å². The highest BCUT2D eigenvalue weighted by Crippen LogP contribution is 2.17. The number of alkyl halides is 1. The molecule has 0 saturated carbocycles. The van der Waals surface area contributed by atoms with E-state index in [2.05, 4.69) is 31.1 Å². The molecule has 0 aliphatic carbocycles. The molecule has 1 aromatic heterocycles. The van der Waals surface area contributed by atoms with Crippen LogP contribution in [0.1, 0.15) is 5.69 Å². The van der Waals surface area contributed by atoms with E-state index in [1.54, 1.807) is 6.07 Å². The van der Waals surface area contributed by atoms with Gasteiger partial charge in [0.1, 0.15) is 10.5 Å². The van der Waals surface area contributed by atoms with Gasteiger partial charge in [-0.25, -0.2) is 0 Å². The molecule has 106 valence electrons. The van der Waals surface area contributed by atoms with Crippen LogP contribution >= 0.6 is 15.9 Å². The fourth-order valence-corrected chi connectivity index (χ4v) is 2.04. The number of esters is 1. The molecule has 6 nitrogen and oxygen atoms in total. The molecule has 0 fully saturated rings. The molecule has 1 aromatic carbocycles. The van der Waals surface area contributed by atoms with E-state index in [1.165, 1.54) is 7.11 Å². The molecule has 1 N–H and O–H groups in total. The van der Waals surface area contributed by atoms with Gasteiger partial charge in [-0.3, -0.25) is 9.59 Å². The Morgan fingerprint density at radius 1 is 1.45 bits per heavy atom. The number of para-hydroxylation sites is 1. The summed E-state index contributed by atoms with van der Waals surface area (Å²) < 4.78 is 9.66. The Morgan fingerprint density at radius 2 is 2.20 bits per heavy atom. The summed E-state index contributed by atoms with van der Waals surface area (Å²) in [6.07, 6.45) is 0.0951. The summed E-state index contributed by atoms with van der Waals surface area (Å²) in [4.78, 5) is 22.4. The minimum absolute atomic E-state index is 0.0951. The van der Waals surface area contributed by atoms with Crippen LogP contribution in [0.15, 0.2) is 28.8 Å². The Bertz CT molecular complexity index is 626. The van der Waals surface area contributed by atoms with Gasteiger partial charge in [0.25, 0.3) is 0 Å². The SMILES string of the molecule is COC(=O)C(Br)CNC(=O)Cc1noc2ccccc12. The smallest absolute Gasteiger partial charge is 0.321 e. The number of carbonyl (C=O) groups is 2. The number of rotatable bonds is 5. The van der Waals surface area contributed by atoms with Crippen LogP contribution in [0.2, 0.25) is 0 Å². The molecule has 1 atom stereocenters. The van der Waals surface area contributed by atoms with E-state index < -0.39 is 10.8 Å². The normalized spacial score (nSPS) is 12.1. The fourth-order valence-electron chi connectivity index (χ4n) is 1.69. The number of amides is 1. The first-order valence-corrected chi connectivity index (χ1v) is 6.85. The van der Waals surface area contributed by atoms with E-state index in [1.807, 2.05) is 18.2 Å². The van der Waals surface area contributed by atoms with Gasteiger partial charge in [-0.2, -0.15) is 0 Å². The molecule has 0 saturated heterocycles. The van der Waals surface area contributed by atoms with Crippen molar-refractivity contribution < 1.29 is 18.8 Å². The van der Waals surface area contributed by atoms with Gasteiger partial charge >= 0.3 is 5.97 Å². The number of hydrogen-bond donors (Lipinski definition) is 1. The molecule has 2 rings (SSSR count). The van der Waals surface area contributed by atoms with E-state index >= 15 is 0 Å². The third-order valence-corrected chi connectivity index (χ3v) is 3.41. The highest BCUT2D eigenvalue weighted by molar-refractivity contribution is 9.10. The van der Waals surface area contributed by atoms with Gasteiger partial charge in [0, 0.05) is 11.9 Å². The number of aromatic nitrogens is 1. The summed E-state index contributed by atoms with van der Waals surface area (Å²) in [5.74, 6) is -0.672. The van der Waals surface area contributed by atoms with Crippen molar-refractivity contribution in [2.75, 3.05) is 13.7 Å². The van der Waals surface area contributed by atoms with Crippen LogP contribution in [0.5, 0.6) is 0 Å². The van der Waals surface area contributed by atoms with E-state index in [9.17, 15) is 9.59 Å². The van der Waals surface area contributed by atoms with Crippen molar-refractivity contribution in [1.82, 2.24) is 10.5 Å². The lowest BCUT2D eigenvalue weighted by Gasteiger charge is -2.08. The number of nitrogens with one attached hydrogen (secondary N) is 1. The van der Waals surface area contributed by atoms with Crippen LogP contribution in [0.25, 0.3) is 11.0 Å². The Labute approximate surface area is 123 Å².